The molecule has 0 aliphatic carbocycles. The molecule has 10 heavy (non-hydrogen) atoms. The highest BCUT2D eigenvalue weighted by atomic mass is 16.3. The quantitative estimate of drug-likeness (QED) is 0.447. The average molecular weight is 142 g/mol. The molecule has 2 nitrogen and oxygen atoms in total. The van der Waals surface area contributed by atoms with Crippen LogP contribution in [0.4, 0.5) is 0 Å². The second-order valence-corrected chi connectivity index (χ2v) is 3.24. The van der Waals surface area contributed by atoms with E-state index in [1.807, 2.05) is 14.1 Å². The Labute approximate surface area is 62.8 Å². The van der Waals surface area contributed by atoms with Gasteiger partial charge in [0.2, 0.25) is 0 Å². The van der Waals surface area contributed by atoms with Gasteiger partial charge in [0.15, 0.2) is 0 Å². The van der Waals surface area contributed by atoms with Crippen molar-refractivity contribution in [3.63, 3.8) is 0 Å². The molecule has 0 aliphatic heterocycles. The molecule has 0 bridgehead atoms. The van der Waals surface area contributed by atoms with Gasteiger partial charge in [0.1, 0.15) is 12.1 Å². The summed E-state index contributed by atoms with van der Waals surface area (Å²) in [7, 11) is 4.05. The SMILES string of the molecule is C[NH+](C)CC#CC(C)(C)O. The third kappa shape index (κ3) is 7.48. The Morgan fingerprint density at radius 3 is 2.20 bits per heavy atom. The van der Waals surface area contributed by atoms with Crippen LogP contribution in [0.15, 0.2) is 0 Å². The molecule has 2 heteroatoms. The van der Waals surface area contributed by atoms with Crippen LogP contribution in [0.5, 0.6) is 0 Å². The van der Waals surface area contributed by atoms with E-state index in [-0.39, 0.29) is 0 Å². The van der Waals surface area contributed by atoms with Crippen LogP contribution in [0.25, 0.3) is 0 Å². The smallest absolute Gasteiger partial charge is 0.139 e. The molecule has 0 aromatic rings. The number of rotatable bonds is 1. The van der Waals surface area contributed by atoms with Gasteiger partial charge in [0.25, 0.3) is 0 Å². The van der Waals surface area contributed by atoms with Crippen molar-refractivity contribution in [3.8, 4) is 11.8 Å². The number of hydrogen-bond acceptors (Lipinski definition) is 1. The highest BCUT2D eigenvalue weighted by Crippen LogP contribution is 1.95. The van der Waals surface area contributed by atoms with Gasteiger partial charge in [-0.2, -0.15) is 0 Å². The molecule has 0 spiro atoms. The van der Waals surface area contributed by atoms with Gasteiger partial charge in [-0.3, -0.25) is 0 Å². The molecule has 0 saturated carbocycles. The van der Waals surface area contributed by atoms with Gasteiger partial charge in [-0.05, 0) is 19.8 Å². The Kier molecular flexibility index (Phi) is 3.41. The summed E-state index contributed by atoms with van der Waals surface area (Å²) in [6.07, 6.45) is 0. The fourth-order valence-corrected chi connectivity index (χ4v) is 0.437. The van der Waals surface area contributed by atoms with Crippen molar-refractivity contribution in [2.75, 3.05) is 20.6 Å². The molecule has 58 valence electrons. The first kappa shape index (κ1) is 9.48. The van der Waals surface area contributed by atoms with Crippen molar-refractivity contribution < 1.29 is 10.0 Å². The third-order valence-electron chi connectivity index (χ3n) is 0.836. The van der Waals surface area contributed by atoms with E-state index >= 15 is 0 Å². The molecule has 0 fully saturated rings. The van der Waals surface area contributed by atoms with Gasteiger partial charge < -0.3 is 10.0 Å². The van der Waals surface area contributed by atoms with E-state index in [1.54, 1.807) is 13.8 Å². The summed E-state index contributed by atoms with van der Waals surface area (Å²) in [4.78, 5) is 1.27. The maximum absolute atomic E-state index is 9.15. The zero-order chi connectivity index (χ0) is 8.20. The molecule has 0 rings (SSSR count). The summed E-state index contributed by atoms with van der Waals surface area (Å²) in [6, 6.07) is 0. The molecule has 0 aliphatic rings. The largest absolute Gasteiger partial charge is 0.378 e. The predicted molar refractivity (Wildman–Crippen MR) is 41.8 cm³/mol. The second kappa shape index (κ2) is 3.60. The molecular weight excluding hydrogens is 126 g/mol. The number of aliphatic hydroxyl groups is 1. The van der Waals surface area contributed by atoms with Crippen LogP contribution in [-0.2, 0) is 0 Å². The Balaban J connectivity index is 3.71. The molecule has 0 aromatic heterocycles. The Hall–Kier alpha value is -0.520. The fraction of sp³-hybridized carbons (Fsp3) is 0.750. The summed E-state index contributed by atoms with van der Waals surface area (Å²) in [5.41, 5.74) is -0.838. The lowest BCUT2D eigenvalue weighted by Gasteiger charge is -2.06. The van der Waals surface area contributed by atoms with Gasteiger partial charge in [-0.25, -0.2) is 0 Å². The minimum absolute atomic E-state index is 0.782. The highest BCUT2D eigenvalue weighted by Gasteiger charge is 2.05. The molecule has 0 saturated heterocycles. The van der Waals surface area contributed by atoms with Crippen LogP contribution in [0.2, 0.25) is 0 Å². The molecule has 0 amide bonds. The standard InChI is InChI=1S/C8H15NO/c1-8(2,10)6-5-7-9(3)4/h10H,7H2,1-4H3/p+1. The molecule has 0 aromatic carbocycles. The first-order valence-corrected chi connectivity index (χ1v) is 3.43. The summed E-state index contributed by atoms with van der Waals surface area (Å²) in [5.74, 6) is 5.63. The summed E-state index contributed by atoms with van der Waals surface area (Å²) in [5, 5.41) is 9.15. The van der Waals surface area contributed by atoms with E-state index < -0.39 is 5.60 Å². The summed E-state index contributed by atoms with van der Waals surface area (Å²) in [6.45, 7) is 4.15. The van der Waals surface area contributed by atoms with Crippen LogP contribution < -0.4 is 4.90 Å². The molecule has 0 radical (unpaired) electrons. The highest BCUT2D eigenvalue weighted by molar-refractivity contribution is 5.09. The van der Waals surface area contributed by atoms with E-state index in [4.69, 9.17) is 5.11 Å². The normalized spacial score (nSPS) is 11.0. The van der Waals surface area contributed by atoms with E-state index in [2.05, 4.69) is 11.8 Å². The molecular formula is C8H16NO+. The van der Waals surface area contributed by atoms with Crippen LogP contribution in [-0.4, -0.2) is 31.3 Å². The number of hydrogen-bond donors (Lipinski definition) is 2. The summed E-state index contributed by atoms with van der Waals surface area (Å²) < 4.78 is 0. The van der Waals surface area contributed by atoms with Crippen molar-refractivity contribution in [3.05, 3.63) is 0 Å². The lowest BCUT2D eigenvalue weighted by atomic mass is 10.1. The number of quaternary nitrogens is 1. The topological polar surface area (TPSA) is 24.7 Å². The zero-order valence-corrected chi connectivity index (χ0v) is 7.15. The van der Waals surface area contributed by atoms with E-state index in [0.29, 0.717) is 0 Å². The van der Waals surface area contributed by atoms with E-state index in [0.717, 1.165) is 6.54 Å². The minimum Gasteiger partial charge on any atom is -0.378 e. The van der Waals surface area contributed by atoms with Crippen LogP contribution in [0, 0.1) is 11.8 Å². The monoisotopic (exact) mass is 142 g/mol. The fourth-order valence-electron chi connectivity index (χ4n) is 0.437. The second-order valence-electron chi connectivity index (χ2n) is 3.24. The van der Waals surface area contributed by atoms with Crippen LogP contribution >= 0.6 is 0 Å². The summed E-state index contributed by atoms with van der Waals surface area (Å²) >= 11 is 0. The lowest BCUT2D eigenvalue weighted by molar-refractivity contribution is -0.850. The van der Waals surface area contributed by atoms with Crippen molar-refractivity contribution >= 4 is 0 Å². The first-order chi connectivity index (χ1) is 4.42. The Morgan fingerprint density at radius 2 is 1.90 bits per heavy atom. The minimum atomic E-state index is -0.838. The van der Waals surface area contributed by atoms with E-state index in [9.17, 15) is 0 Å². The van der Waals surface area contributed by atoms with E-state index in [1.165, 1.54) is 4.90 Å². The predicted octanol–water partition coefficient (Wildman–Crippen LogP) is -1.09. The average Bonchev–Trinajstić information content (AvgIpc) is 1.59. The molecule has 0 atom stereocenters. The van der Waals surface area contributed by atoms with Crippen molar-refractivity contribution in [2.24, 2.45) is 0 Å². The zero-order valence-electron chi connectivity index (χ0n) is 7.15. The van der Waals surface area contributed by atoms with Crippen molar-refractivity contribution in [1.82, 2.24) is 0 Å². The van der Waals surface area contributed by atoms with Gasteiger partial charge >= 0.3 is 0 Å². The van der Waals surface area contributed by atoms with Crippen molar-refractivity contribution in [2.45, 2.75) is 19.4 Å². The molecule has 0 heterocycles. The van der Waals surface area contributed by atoms with Gasteiger partial charge in [-0.1, -0.05) is 5.92 Å². The Bertz CT molecular complexity index is 145. The van der Waals surface area contributed by atoms with Gasteiger partial charge in [-0.15, -0.1) is 0 Å². The number of nitrogens with one attached hydrogen (secondary N) is 1. The van der Waals surface area contributed by atoms with Gasteiger partial charge in [0.05, 0.1) is 14.1 Å². The third-order valence-corrected chi connectivity index (χ3v) is 0.836. The Morgan fingerprint density at radius 1 is 1.40 bits per heavy atom. The van der Waals surface area contributed by atoms with Gasteiger partial charge in [0, 0.05) is 0 Å². The first-order valence-electron chi connectivity index (χ1n) is 3.43. The maximum atomic E-state index is 9.15. The lowest BCUT2D eigenvalue weighted by Crippen LogP contribution is -3.05. The molecule has 0 unspecified atom stereocenters. The maximum Gasteiger partial charge on any atom is 0.139 e. The van der Waals surface area contributed by atoms with Crippen LogP contribution in [0.1, 0.15) is 13.8 Å². The molecule has 2 N–H and O–H groups in total. The van der Waals surface area contributed by atoms with Crippen LogP contribution in [0.3, 0.4) is 0 Å². The van der Waals surface area contributed by atoms with Crippen molar-refractivity contribution in [1.29, 1.82) is 0 Å².